The zero-order valence-corrected chi connectivity index (χ0v) is 13.1. The van der Waals surface area contributed by atoms with E-state index in [1.165, 1.54) is 24.3 Å². The van der Waals surface area contributed by atoms with Gasteiger partial charge in [0.25, 0.3) is 0 Å². The van der Waals surface area contributed by atoms with Gasteiger partial charge in [-0.05, 0) is 44.2 Å². The standard InChI is InChI=1S/C15H14BrFN2O2/c1-9(2)18-14-5-3-4-12(19-14)15(20)21-13-8-10(16)6-7-11(13)17/h3-9H,1-2H3,(H,18,19). The van der Waals surface area contributed by atoms with Gasteiger partial charge in [0.2, 0.25) is 0 Å². The third-order valence-corrected chi connectivity index (χ3v) is 2.98. The fourth-order valence-corrected chi connectivity index (χ4v) is 1.97. The number of nitrogens with one attached hydrogen (secondary N) is 1. The highest BCUT2D eigenvalue weighted by molar-refractivity contribution is 9.10. The van der Waals surface area contributed by atoms with Crippen LogP contribution < -0.4 is 10.1 Å². The van der Waals surface area contributed by atoms with Gasteiger partial charge < -0.3 is 10.1 Å². The van der Waals surface area contributed by atoms with Gasteiger partial charge in [-0.25, -0.2) is 14.2 Å². The first-order valence-electron chi connectivity index (χ1n) is 6.36. The molecule has 110 valence electrons. The Morgan fingerprint density at radius 1 is 1.33 bits per heavy atom. The second-order valence-corrected chi connectivity index (χ2v) is 5.59. The fraction of sp³-hybridized carbons (Fsp3) is 0.200. The van der Waals surface area contributed by atoms with E-state index in [2.05, 4.69) is 26.2 Å². The monoisotopic (exact) mass is 352 g/mol. The first-order valence-corrected chi connectivity index (χ1v) is 7.16. The maximum absolute atomic E-state index is 13.6. The van der Waals surface area contributed by atoms with Crippen LogP contribution in [-0.2, 0) is 0 Å². The number of carbonyl (C=O) groups excluding carboxylic acids is 1. The van der Waals surface area contributed by atoms with E-state index in [0.717, 1.165) is 0 Å². The van der Waals surface area contributed by atoms with Crippen molar-refractivity contribution < 1.29 is 13.9 Å². The molecule has 0 aliphatic heterocycles. The van der Waals surface area contributed by atoms with Gasteiger partial charge >= 0.3 is 5.97 Å². The zero-order chi connectivity index (χ0) is 15.4. The average Bonchev–Trinajstić information content (AvgIpc) is 2.42. The summed E-state index contributed by atoms with van der Waals surface area (Å²) in [5, 5.41) is 3.08. The third kappa shape index (κ3) is 4.26. The van der Waals surface area contributed by atoms with Crippen LogP contribution in [0.3, 0.4) is 0 Å². The van der Waals surface area contributed by atoms with E-state index in [0.29, 0.717) is 10.3 Å². The summed E-state index contributed by atoms with van der Waals surface area (Å²) in [7, 11) is 0. The minimum absolute atomic E-state index is 0.111. The number of pyridine rings is 1. The van der Waals surface area contributed by atoms with E-state index in [-0.39, 0.29) is 17.5 Å². The third-order valence-electron chi connectivity index (χ3n) is 2.49. The summed E-state index contributed by atoms with van der Waals surface area (Å²) in [6, 6.07) is 9.27. The molecule has 0 unspecified atom stereocenters. The maximum Gasteiger partial charge on any atom is 0.362 e. The Balaban J connectivity index is 2.18. The van der Waals surface area contributed by atoms with Gasteiger partial charge in [-0.3, -0.25) is 0 Å². The molecule has 21 heavy (non-hydrogen) atoms. The molecule has 0 saturated carbocycles. The van der Waals surface area contributed by atoms with Crippen LogP contribution in [0.5, 0.6) is 5.75 Å². The quantitative estimate of drug-likeness (QED) is 0.666. The molecule has 1 heterocycles. The fourth-order valence-electron chi connectivity index (χ4n) is 1.63. The minimum Gasteiger partial charge on any atom is -0.419 e. The highest BCUT2D eigenvalue weighted by atomic mass is 79.9. The van der Waals surface area contributed by atoms with Gasteiger partial charge in [0.05, 0.1) is 0 Å². The topological polar surface area (TPSA) is 51.2 Å². The predicted molar refractivity (Wildman–Crippen MR) is 82.1 cm³/mol. The first kappa shape index (κ1) is 15.4. The lowest BCUT2D eigenvalue weighted by molar-refractivity contribution is 0.0721. The normalized spacial score (nSPS) is 10.5. The summed E-state index contributed by atoms with van der Waals surface area (Å²) in [6.45, 7) is 3.92. The molecule has 0 aliphatic carbocycles. The maximum atomic E-state index is 13.6. The predicted octanol–water partition coefficient (Wildman–Crippen LogP) is 4.02. The van der Waals surface area contributed by atoms with Crippen molar-refractivity contribution in [2.75, 3.05) is 5.32 Å². The van der Waals surface area contributed by atoms with E-state index < -0.39 is 11.8 Å². The molecule has 2 aromatic rings. The lowest BCUT2D eigenvalue weighted by Crippen LogP contribution is -2.15. The Hall–Kier alpha value is -1.95. The summed E-state index contributed by atoms with van der Waals surface area (Å²) in [5.74, 6) is -0.894. The molecule has 0 saturated heterocycles. The zero-order valence-electron chi connectivity index (χ0n) is 11.6. The molecule has 0 amide bonds. The van der Waals surface area contributed by atoms with Crippen LogP contribution in [0, 0.1) is 5.82 Å². The number of hydrogen-bond donors (Lipinski definition) is 1. The van der Waals surface area contributed by atoms with Crippen molar-refractivity contribution in [3.8, 4) is 5.75 Å². The van der Waals surface area contributed by atoms with Gasteiger partial charge in [0, 0.05) is 10.5 Å². The van der Waals surface area contributed by atoms with Crippen LogP contribution in [0.1, 0.15) is 24.3 Å². The molecule has 0 spiro atoms. The van der Waals surface area contributed by atoms with Crippen molar-refractivity contribution >= 4 is 27.7 Å². The van der Waals surface area contributed by atoms with Crippen molar-refractivity contribution in [3.05, 3.63) is 52.4 Å². The van der Waals surface area contributed by atoms with E-state index in [1.807, 2.05) is 13.8 Å². The minimum atomic E-state index is -0.709. The number of nitrogens with zero attached hydrogens (tertiary/aromatic N) is 1. The Morgan fingerprint density at radius 3 is 2.81 bits per heavy atom. The number of rotatable bonds is 4. The van der Waals surface area contributed by atoms with E-state index in [4.69, 9.17) is 4.74 Å². The Labute approximate surface area is 130 Å². The Morgan fingerprint density at radius 2 is 2.10 bits per heavy atom. The van der Waals surface area contributed by atoms with Crippen LogP contribution in [0.25, 0.3) is 0 Å². The number of hydrogen-bond acceptors (Lipinski definition) is 4. The number of ether oxygens (including phenoxy) is 1. The highest BCUT2D eigenvalue weighted by Crippen LogP contribution is 2.23. The first-order chi connectivity index (χ1) is 9.95. The van der Waals surface area contributed by atoms with Crippen molar-refractivity contribution in [3.63, 3.8) is 0 Å². The summed E-state index contributed by atoms with van der Waals surface area (Å²) in [6.07, 6.45) is 0. The van der Waals surface area contributed by atoms with Gasteiger partial charge in [-0.15, -0.1) is 0 Å². The SMILES string of the molecule is CC(C)Nc1cccc(C(=O)Oc2cc(Br)ccc2F)n1. The largest absolute Gasteiger partial charge is 0.419 e. The van der Waals surface area contributed by atoms with Crippen molar-refractivity contribution in [2.24, 2.45) is 0 Å². The van der Waals surface area contributed by atoms with Crippen LogP contribution in [0.15, 0.2) is 40.9 Å². The van der Waals surface area contributed by atoms with Crippen LogP contribution in [0.2, 0.25) is 0 Å². The number of halogens is 2. The van der Waals surface area contributed by atoms with Crippen molar-refractivity contribution in [2.45, 2.75) is 19.9 Å². The summed E-state index contributed by atoms with van der Waals surface area (Å²) in [4.78, 5) is 16.2. The molecule has 0 radical (unpaired) electrons. The summed E-state index contributed by atoms with van der Waals surface area (Å²) < 4.78 is 19.2. The molecule has 2 rings (SSSR count). The van der Waals surface area contributed by atoms with Crippen LogP contribution >= 0.6 is 15.9 Å². The molecule has 0 aliphatic rings. The molecular formula is C15H14BrFN2O2. The average molecular weight is 353 g/mol. The molecule has 1 aromatic heterocycles. The Bertz CT molecular complexity index is 662. The van der Waals surface area contributed by atoms with E-state index in [1.54, 1.807) is 12.1 Å². The smallest absolute Gasteiger partial charge is 0.362 e. The van der Waals surface area contributed by atoms with Gasteiger partial charge in [-0.2, -0.15) is 0 Å². The van der Waals surface area contributed by atoms with Crippen LogP contribution in [0.4, 0.5) is 10.2 Å². The van der Waals surface area contributed by atoms with Gasteiger partial charge in [0.15, 0.2) is 17.3 Å². The Kier molecular flexibility index (Phi) is 4.90. The second-order valence-electron chi connectivity index (χ2n) is 4.67. The van der Waals surface area contributed by atoms with Crippen molar-refractivity contribution in [1.29, 1.82) is 0 Å². The van der Waals surface area contributed by atoms with Gasteiger partial charge in [0.1, 0.15) is 5.82 Å². The number of carbonyl (C=O) groups is 1. The number of benzene rings is 1. The lowest BCUT2D eigenvalue weighted by Gasteiger charge is -2.10. The molecular weight excluding hydrogens is 339 g/mol. The van der Waals surface area contributed by atoms with E-state index >= 15 is 0 Å². The van der Waals surface area contributed by atoms with Gasteiger partial charge in [-0.1, -0.05) is 22.0 Å². The second kappa shape index (κ2) is 6.67. The van der Waals surface area contributed by atoms with Crippen LogP contribution in [-0.4, -0.2) is 17.0 Å². The molecule has 0 fully saturated rings. The molecule has 6 heteroatoms. The summed E-state index contributed by atoms with van der Waals surface area (Å²) in [5.41, 5.74) is 0.111. The summed E-state index contributed by atoms with van der Waals surface area (Å²) >= 11 is 3.20. The lowest BCUT2D eigenvalue weighted by atomic mass is 10.3. The molecule has 0 atom stereocenters. The molecule has 4 nitrogen and oxygen atoms in total. The number of aromatic nitrogens is 1. The number of esters is 1. The van der Waals surface area contributed by atoms with Crippen molar-refractivity contribution in [1.82, 2.24) is 4.98 Å². The molecule has 1 N–H and O–H groups in total. The molecule has 1 aromatic carbocycles. The highest BCUT2D eigenvalue weighted by Gasteiger charge is 2.14. The molecule has 0 bridgehead atoms. The van der Waals surface area contributed by atoms with E-state index in [9.17, 15) is 9.18 Å². The number of anilines is 1.